The van der Waals surface area contributed by atoms with Gasteiger partial charge in [-0.05, 0) is 48.2 Å². The van der Waals surface area contributed by atoms with Gasteiger partial charge in [-0.1, -0.05) is 18.2 Å². The van der Waals surface area contributed by atoms with E-state index in [-0.39, 0.29) is 29.8 Å². The van der Waals surface area contributed by atoms with Crippen LogP contribution in [0.4, 0.5) is 14.5 Å². The molecule has 1 heterocycles. The molecule has 2 aromatic carbocycles. The highest BCUT2D eigenvalue weighted by Gasteiger charge is 2.22. The minimum atomic E-state index is -0.417. The molecule has 0 radical (unpaired) electrons. The highest BCUT2D eigenvalue weighted by Crippen LogP contribution is 2.27. The second-order valence-electron chi connectivity index (χ2n) is 5.49. The first-order valence-corrected chi connectivity index (χ1v) is 7.69. The van der Waals surface area contributed by atoms with Gasteiger partial charge < -0.3 is 10.2 Å². The Bertz CT molecular complexity index is 734. The van der Waals surface area contributed by atoms with Crippen molar-refractivity contribution in [3.05, 3.63) is 65.2 Å². The zero-order valence-corrected chi connectivity index (χ0v) is 15.8. The second kappa shape index (κ2) is 8.41. The maximum Gasteiger partial charge on any atom is 0.198 e. The van der Waals surface area contributed by atoms with E-state index in [0.29, 0.717) is 18.5 Å². The largest absolute Gasteiger partial charge is 0.356 e. The number of nitrogens with zero attached hydrogens (tertiary/aromatic N) is 2. The molecule has 1 N–H and O–H groups in total. The molecule has 0 aromatic heterocycles. The van der Waals surface area contributed by atoms with Crippen molar-refractivity contribution in [2.75, 3.05) is 25.0 Å². The van der Waals surface area contributed by atoms with Crippen molar-refractivity contribution in [3.63, 3.8) is 0 Å². The van der Waals surface area contributed by atoms with Crippen LogP contribution in [0.25, 0.3) is 0 Å². The van der Waals surface area contributed by atoms with E-state index >= 15 is 0 Å². The van der Waals surface area contributed by atoms with Crippen molar-refractivity contribution in [1.29, 1.82) is 0 Å². The van der Waals surface area contributed by atoms with Crippen molar-refractivity contribution in [2.45, 2.75) is 12.8 Å². The molecule has 0 amide bonds. The van der Waals surface area contributed by atoms with Gasteiger partial charge in [-0.25, -0.2) is 8.78 Å². The average molecular weight is 443 g/mol. The number of nitrogens with one attached hydrogen (secondary N) is 1. The lowest BCUT2D eigenvalue weighted by Crippen LogP contribution is -2.41. The maximum absolute atomic E-state index is 13.6. The van der Waals surface area contributed by atoms with Crippen LogP contribution in [0.15, 0.2) is 47.5 Å². The van der Waals surface area contributed by atoms with Crippen LogP contribution in [-0.4, -0.2) is 26.1 Å². The van der Waals surface area contributed by atoms with Gasteiger partial charge in [-0.3, -0.25) is 4.99 Å². The number of para-hydroxylation sites is 1. The first-order valence-electron chi connectivity index (χ1n) is 7.69. The number of aliphatic imine (C=N–C) groups is 1. The fourth-order valence-corrected chi connectivity index (χ4v) is 2.90. The molecule has 3 rings (SSSR count). The quantitative estimate of drug-likeness (QED) is 0.445. The average Bonchev–Trinajstić information content (AvgIpc) is 2.99. The minimum absolute atomic E-state index is 0. The molecule has 0 spiro atoms. The molecule has 6 heteroatoms. The third-order valence-corrected chi connectivity index (χ3v) is 4.04. The summed E-state index contributed by atoms with van der Waals surface area (Å²) >= 11 is 0. The summed E-state index contributed by atoms with van der Waals surface area (Å²) in [5, 5.41) is 3.23. The normalized spacial score (nSPS) is 13.5. The first kappa shape index (κ1) is 18.6. The van der Waals surface area contributed by atoms with Crippen LogP contribution in [0, 0.1) is 11.6 Å². The summed E-state index contributed by atoms with van der Waals surface area (Å²) < 4.78 is 26.8. The maximum atomic E-state index is 13.6. The number of rotatable bonds is 3. The van der Waals surface area contributed by atoms with Gasteiger partial charge in [0.15, 0.2) is 5.96 Å². The van der Waals surface area contributed by atoms with Crippen LogP contribution in [-0.2, 0) is 12.8 Å². The van der Waals surface area contributed by atoms with Crippen molar-refractivity contribution >= 4 is 35.6 Å². The number of benzene rings is 2. The Labute approximate surface area is 157 Å². The molecule has 1 aliphatic heterocycles. The van der Waals surface area contributed by atoms with E-state index in [1.165, 1.54) is 11.6 Å². The summed E-state index contributed by atoms with van der Waals surface area (Å²) in [5.41, 5.74) is 2.82. The molecule has 24 heavy (non-hydrogen) atoms. The summed E-state index contributed by atoms with van der Waals surface area (Å²) in [6.45, 7) is 1.36. The molecule has 0 aliphatic carbocycles. The van der Waals surface area contributed by atoms with Gasteiger partial charge in [-0.15, -0.1) is 24.0 Å². The Morgan fingerprint density at radius 1 is 1.21 bits per heavy atom. The molecule has 2 aromatic rings. The topological polar surface area (TPSA) is 27.6 Å². The van der Waals surface area contributed by atoms with Crippen LogP contribution in [0.2, 0.25) is 0 Å². The molecule has 0 saturated carbocycles. The molecule has 0 bridgehead atoms. The van der Waals surface area contributed by atoms with Crippen molar-refractivity contribution in [3.8, 4) is 0 Å². The van der Waals surface area contributed by atoms with Crippen LogP contribution in [0.5, 0.6) is 0 Å². The molecule has 128 valence electrons. The van der Waals surface area contributed by atoms with Crippen LogP contribution in [0.3, 0.4) is 0 Å². The number of halogens is 3. The Morgan fingerprint density at radius 3 is 2.79 bits per heavy atom. The number of anilines is 1. The standard InChI is InChI=1S/C18H19F2N3.HI/c1-21-18(23-11-9-13-4-2-3-5-17(13)23)22-10-8-14-12-15(19)6-7-16(14)20;/h2-7,12H,8-11H2,1H3,(H,21,22);1H. The van der Waals surface area contributed by atoms with E-state index in [1.54, 1.807) is 7.05 Å². The van der Waals surface area contributed by atoms with E-state index in [9.17, 15) is 8.78 Å². The van der Waals surface area contributed by atoms with Gasteiger partial charge in [-0.2, -0.15) is 0 Å². The molecule has 0 saturated heterocycles. The minimum Gasteiger partial charge on any atom is -0.356 e. The lowest BCUT2D eigenvalue weighted by molar-refractivity contribution is 0.583. The monoisotopic (exact) mass is 443 g/mol. The predicted octanol–water partition coefficient (Wildman–Crippen LogP) is 3.76. The molecular weight excluding hydrogens is 423 g/mol. The summed E-state index contributed by atoms with van der Waals surface area (Å²) in [6.07, 6.45) is 1.38. The van der Waals surface area contributed by atoms with E-state index < -0.39 is 5.82 Å². The van der Waals surface area contributed by atoms with Crippen molar-refractivity contribution in [2.24, 2.45) is 4.99 Å². The Morgan fingerprint density at radius 2 is 2.00 bits per heavy atom. The summed E-state index contributed by atoms with van der Waals surface area (Å²) in [7, 11) is 1.73. The van der Waals surface area contributed by atoms with E-state index in [1.807, 2.05) is 12.1 Å². The van der Waals surface area contributed by atoms with Crippen molar-refractivity contribution < 1.29 is 8.78 Å². The highest BCUT2D eigenvalue weighted by atomic mass is 127. The van der Waals surface area contributed by atoms with Gasteiger partial charge in [0.25, 0.3) is 0 Å². The molecule has 3 nitrogen and oxygen atoms in total. The predicted molar refractivity (Wildman–Crippen MR) is 104 cm³/mol. The summed E-state index contributed by atoms with van der Waals surface area (Å²) in [4.78, 5) is 6.43. The van der Waals surface area contributed by atoms with Gasteiger partial charge in [0.05, 0.1) is 0 Å². The molecule has 0 unspecified atom stereocenters. The third-order valence-electron chi connectivity index (χ3n) is 4.04. The zero-order valence-electron chi connectivity index (χ0n) is 13.4. The lowest BCUT2D eigenvalue weighted by atomic mass is 10.1. The smallest absolute Gasteiger partial charge is 0.198 e. The Kier molecular flexibility index (Phi) is 6.53. The molecular formula is C18H20F2IN3. The summed E-state index contributed by atoms with van der Waals surface area (Å²) in [6, 6.07) is 11.8. The molecule has 0 atom stereocenters. The number of hydrogen-bond donors (Lipinski definition) is 1. The van der Waals surface area contributed by atoms with Crippen LogP contribution in [0.1, 0.15) is 11.1 Å². The molecule has 0 fully saturated rings. The van der Waals surface area contributed by atoms with Crippen molar-refractivity contribution in [1.82, 2.24) is 5.32 Å². The second-order valence-corrected chi connectivity index (χ2v) is 5.49. The SMILES string of the molecule is CN=C(NCCc1cc(F)ccc1F)N1CCc2ccccc21.I. The first-order chi connectivity index (χ1) is 11.2. The number of fused-ring (bicyclic) bond motifs is 1. The highest BCUT2D eigenvalue weighted by molar-refractivity contribution is 14.0. The third kappa shape index (κ3) is 4.03. The van der Waals surface area contributed by atoms with Gasteiger partial charge >= 0.3 is 0 Å². The summed E-state index contributed by atoms with van der Waals surface area (Å²) in [5.74, 6) is -0.0410. The van der Waals surface area contributed by atoms with E-state index in [2.05, 4.69) is 27.3 Å². The Balaban J connectivity index is 0.00000208. The number of hydrogen-bond acceptors (Lipinski definition) is 1. The Hall–Kier alpha value is -1.70. The van der Waals surface area contributed by atoms with Crippen LogP contribution < -0.4 is 10.2 Å². The van der Waals surface area contributed by atoms with E-state index in [4.69, 9.17) is 0 Å². The van der Waals surface area contributed by atoms with Gasteiger partial charge in [0.1, 0.15) is 11.6 Å². The van der Waals surface area contributed by atoms with Gasteiger partial charge in [0.2, 0.25) is 0 Å². The van der Waals surface area contributed by atoms with Gasteiger partial charge in [0, 0.05) is 25.8 Å². The number of guanidine groups is 1. The van der Waals surface area contributed by atoms with Crippen LogP contribution >= 0.6 is 24.0 Å². The fourth-order valence-electron chi connectivity index (χ4n) is 2.90. The fraction of sp³-hybridized carbons (Fsp3) is 0.278. The lowest BCUT2D eigenvalue weighted by Gasteiger charge is -2.22. The zero-order chi connectivity index (χ0) is 16.2. The van der Waals surface area contributed by atoms with E-state index in [0.717, 1.165) is 36.7 Å². The molecule has 1 aliphatic rings.